The molecule has 0 saturated heterocycles. The number of nitrogens with one attached hydrogen (secondary N) is 1. The van der Waals surface area contributed by atoms with Crippen molar-refractivity contribution in [1.29, 1.82) is 0 Å². The molecule has 1 aromatic rings. The van der Waals surface area contributed by atoms with Crippen LogP contribution >= 0.6 is 0 Å². The summed E-state index contributed by atoms with van der Waals surface area (Å²) in [5.41, 5.74) is 1.33. The highest BCUT2D eigenvalue weighted by atomic mass is 16.1. The van der Waals surface area contributed by atoms with E-state index in [1.807, 2.05) is 6.07 Å². The fourth-order valence-electron chi connectivity index (χ4n) is 2.71. The zero-order chi connectivity index (χ0) is 11.3. The molecule has 0 bridgehead atoms. The second kappa shape index (κ2) is 5.15. The lowest BCUT2D eigenvalue weighted by atomic mass is 9.77. The molecule has 0 aliphatic heterocycles. The minimum atomic E-state index is 0.0152. The maximum absolute atomic E-state index is 10.8. The van der Waals surface area contributed by atoms with Crippen LogP contribution in [0.25, 0.3) is 0 Å². The molecule has 2 rings (SSSR count). The molecular formula is C14H19NO. The van der Waals surface area contributed by atoms with E-state index in [1.54, 1.807) is 0 Å². The van der Waals surface area contributed by atoms with E-state index in [0.29, 0.717) is 0 Å². The maximum Gasteiger partial charge on any atom is 0.207 e. The van der Waals surface area contributed by atoms with E-state index in [9.17, 15) is 4.79 Å². The minimum absolute atomic E-state index is 0.0152. The van der Waals surface area contributed by atoms with Gasteiger partial charge in [0.1, 0.15) is 0 Å². The van der Waals surface area contributed by atoms with Crippen LogP contribution in [0.3, 0.4) is 0 Å². The monoisotopic (exact) mass is 217 g/mol. The molecule has 0 spiro atoms. The number of hydrogen-bond acceptors (Lipinski definition) is 1. The number of carbonyl (C=O) groups excluding carboxylic acids is 1. The van der Waals surface area contributed by atoms with Crippen LogP contribution < -0.4 is 5.32 Å². The van der Waals surface area contributed by atoms with Crippen molar-refractivity contribution in [3.63, 3.8) is 0 Å². The van der Waals surface area contributed by atoms with Crippen molar-refractivity contribution in [1.82, 2.24) is 5.32 Å². The summed E-state index contributed by atoms with van der Waals surface area (Å²) in [6, 6.07) is 10.4. The molecule has 1 aliphatic carbocycles. The molecule has 2 nitrogen and oxygen atoms in total. The lowest BCUT2D eigenvalue weighted by molar-refractivity contribution is -0.111. The third kappa shape index (κ3) is 2.63. The summed E-state index contributed by atoms with van der Waals surface area (Å²) < 4.78 is 0. The van der Waals surface area contributed by atoms with Crippen LogP contribution in [0.5, 0.6) is 0 Å². The van der Waals surface area contributed by atoms with Crippen LogP contribution in [-0.2, 0) is 11.2 Å². The zero-order valence-corrected chi connectivity index (χ0v) is 9.61. The largest absolute Gasteiger partial charge is 0.353 e. The van der Waals surface area contributed by atoms with Crippen molar-refractivity contribution >= 4 is 6.41 Å². The Morgan fingerprint density at radius 3 is 2.44 bits per heavy atom. The minimum Gasteiger partial charge on any atom is -0.353 e. The fourth-order valence-corrected chi connectivity index (χ4v) is 2.71. The Morgan fingerprint density at radius 2 is 1.81 bits per heavy atom. The van der Waals surface area contributed by atoms with Gasteiger partial charge in [0.2, 0.25) is 6.41 Å². The van der Waals surface area contributed by atoms with Gasteiger partial charge >= 0.3 is 0 Å². The Balaban J connectivity index is 2.10. The van der Waals surface area contributed by atoms with E-state index in [-0.39, 0.29) is 5.54 Å². The molecule has 0 unspecified atom stereocenters. The molecule has 0 atom stereocenters. The predicted octanol–water partition coefficient (Wildman–Crippen LogP) is 2.68. The standard InChI is InChI=1S/C14H19NO/c16-12-15-14(9-5-2-6-10-14)11-13-7-3-1-4-8-13/h1,3-4,7-8,12H,2,5-6,9-11H2,(H,15,16). The lowest BCUT2D eigenvalue weighted by Crippen LogP contribution is -2.47. The van der Waals surface area contributed by atoms with Crippen LogP contribution in [0.15, 0.2) is 30.3 Å². The van der Waals surface area contributed by atoms with E-state index < -0.39 is 0 Å². The maximum atomic E-state index is 10.8. The first-order valence-corrected chi connectivity index (χ1v) is 6.10. The Kier molecular flexibility index (Phi) is 3.60. The summed E-state index contributed by atoms with van der Waals surface area (Å²) in [7, 11) is 0. The number of carbonyl (C=O) groups is 1. The molecule has 0 heterocycles. The van der Waals surface area contributed by atoms with Gasteiger partial charge < -0.3 is 5.32 Å². The number of hydrogen-bond donors (Lipinski definition) is 1. The van der Waals surface area contributed by atoms with Gasteiger partial charge in [-0.15, -0.1) is 0 Å². The second-order valence-electron chi connectivity index (χ2n) is 4.77. The SMILES string of the molecule is O=CNC1(Cc2ccccc2)CCCCC1. The van der Waals surface area contributed by atoms with Gasteiger partial charge in [0.15, 0.2) is 0 Å². The second-order valence-corrected chi connectivity index (χ2v) is 4.77. The smallest absolute Gasteiger partial charge is 0.207 e. The first-order chi connectivity index (χ1) is 7.85. The number of rotatable bonds is 4. The molecule has 2 heteroatoms. The molecule has 0 radical (unpaired) electrons. The molecule has 1 saturated carbocycles. The van der Waals surface area contributed by atoms with Crippen molar-refractivity contribution in [2.75, 3.05) is 0 Å². The number of amides is 1. The molecule has 1 aliphatic rings. The van der Waals surface area contributed by atoms with Crippen LogP contribution in [0, 0.1) is 0 Å². The summed E-state index contributed by atoms with van der Waals surface area (Å²) in [5.74, 6) is 0. The normalized spacial score (nSPS) is 19.0. The summed E-state index contributed by atoms with van der Waals surface area (Å²) in [6.45, 7) is 0. The van der Waals surface area contributed by atoms with Gasteiger partial charge in [0.25, 0.3) is 0 Å². The van der Waals surface area contributed by atoms with Crippen LogP contribution in [0.2, 0.25) is 0 Å². The van der Waals surface area contributed by atoms with E-state index in [2.05, 4.69) is 29.6 Å². The van der Waals surface area contributed by atoms with Gasteiger partial charge in [-0.25, -0.2) is 0 Å². The van der Waals surface area contributed by atoms with E-state index in [4.69, 9.17) is 0 Å². The van der Waals surface area contributed by atoms with Gasteiger partial charge in [-0.3, -0.25) is 4.79 Å². The van der Waals surface area contributed by atoms with Gasteiger partial charge in [0, 0.05) is 5.54 Å². The van der Waals surface area contributed by atoms with E-state index in [0.717, 1.165) is 25.7 Å². The molecule has 16 heavy (non-hydrogen) atoms. The Labute approximate surface area is 97.1 Å². The predicted molar refractivity (Wildman–Crippen MR) is 65.2 cm³/mol. The quantitative estimate of drug-likeness (QED) is 0.772. The molecule has 1 fully saturated rings. The first kappa shape index (κ1) is 11.2. The highest BCUT2D eigenvalue weighted by molar-refractivity contribution is 5.48. The summed E-state index contributed by atoms with van der Waals surface area (Å²) >= 11 is 0. The molecule has 1 N–H and O–H groups in total. The Bertz CT molecular complexity index is 328. The first-order valence-electron chi connectivity index (χ1n) is 6.10. The average molecular weight is 217 g/mol. The van der Waals surface area contributed by atoms with Crippen LogP contribution in [-0.4, -0.2) is 11.9 Å². The fraction of sp³-hybridized carbons (Fsp3) is 0.500. The van der Waals surface area contributed by atoms with Crippen molar-refractivity contribution < 1.29 is 4.79 Å². The average Bonchev–Trinajstić information content (AvgIpc) is 2.31. The van der Waals surface area contributed by atoms with Gasteiger partial charge in [-0.2, -0.15) is 0 Å². The summed E-state index contributed by atoms with van der Waals surface area (Å²) in [4.78, 5) is 10.8. The Morgan fingerprint density at radius 1 is 1.12 bits per heavy atom. The van der Waals surface area contributed by atoms with Crippen molar-refractivity contribution in [3.05, 3.63) is 35.9 Å². The van der Waals surface area contributed by atoms with Crippen molar-refractivity contribution in [2.45, 2.75) is 44.1 Å². The van der Waals surface area contributed by atoms with Gasteiger partial charge in [-0.1, -0.05) is 49.6 Å². The molecular weight excluding hydrogens is 198 g/mol. The van der Waals surface area contributed by atoms with E-state index >= 15 is 0 Å². The van der Waals surface area contributed by atoms with Gasteiger partial charge in [0.05, 0.1) is 0 Å². The third-order valence-electron chi connectivity index (χ3n) is 3.56. The molecule has 1 amide bonds. The highest BCUT2D eigenvalue weighted by Gasteiger charge is 2.31. The number of benzene rings is 1. The van der Waals surface area contributed by atoms with Crippen LogP contribution in [0.4, 0.5) is 0 Å². The summed E-state index contributed by atoms with van der Waals surface area (Å²) in [5, 5.41) is 3.07. The van der Waals surface area contributed by atoms with Crippen molar-refractivity contribution in [3.8, 4) is 0 Å². The van der Waals surface area contributed by atoms with Crippen LogP contribution in [0.1, 0.15) is 37.7 Å². The topological polar surface area (TPSA) is 29.1 Å². The Hall–Kier alpha value is -1.31. The lowest BCUT2D eigenvalue weighted by Gasteiger charge is -2.37. The molecule has 1 aromatic carbocycles. The zero-order valence-electron chi connectivity index (χ0n) is 9.61. The molecule has 86 valence electrons. The summed E-state index contributed by atoms with van der Waals surface area (Å²) in [6.07, 6.45) is 7.82. The van der Waals surface area contributed by atoms with Crippen molar-refractivity contribution in [2.24, 2.45) is 0 Å². The van der Waals surface area contributed by atoms with E-state index in [1.165, 1.54) is 24.8 Å². The third-order valence-corrected chi connectivity index (χ3v) is 3.56. The molecule has 0 aromatic heterocycles. The highest BCUT2D eigenvalue weighted by Crippen LogP contribution is 2.30. The van der Waals surface area contributed by atoms with Gasteiger partial charge in [-0.05, 0) is 24.8 Å².